The summed E-state index contributed by atoms with van der Waals surface area (Å²) in [5.74, 6) is -2.30. The Morgan fingerprint density at radius 2 is 1.79 bits per heavy atom. The molecule has 3 saturated heterocycles. The molecular formula is C34H46BrN3O5. The molecule has 3 unspecified atom stereocenters. The van der Waals surface area contributed by atoms with Gasteiger partial charge < -0.3 is 24.5 Å². The Kier molecular flexibility index (Phi) is 9.83. The quantitative estimate of drug-likeness (QED) is 0.268. The molecule has 1 saturated carbocycles. The van der Waals surface area contributed by atoms with Crippen molar-refractivity contribution in [2.24, 2.45) is 17.8 Å². The number of alkyl halides is 1. The van der Waals surface area contributed by atoms with E-state index in [0.717, 1.165) is 37.7 Å². The van der Waals surface area contributed by atoms with Crippen molar-refractivity contribution in [1.82, 2.24) is 14.7 Å². The summed E-state index contributed by atoms with van der Waals surface area (Å²) < 4.78 is 6.80. The Morgan fingerprint density at radius 1 is 1.12 bits per heavy atom. The van der Waals surface area contributed by atoms with E-state index in [9.17, 15) is 19.5 Å². The summed E-state index contributed by atoms with van der Waals surface area (Å²) in [7, 11) is 0. The van der Waals surface area contributed by atoms with Gasteiger partial charge in [0.2, 0.25) is 17.7 Å². The van der Waals surface area contributed by atoms with Gasteiger partial charge >= 0.3 is 0 Å². The number of ether oxygens (including phenoxy) is 1. The van der Waals surface area contributed by atoms with E-state index < -0.39 is 35.6 Å². The van der Waals surface area contributed by atoms with Crippen LogP contribution in [0, 0.1) is 17.8 Å². The molecule has 4 fully saturated rings. The number of benzene rings is 1. The van der Waals surface area contributed by atoms with Gasteiger partial charge in [0.25, 0.3) is 0 Å². The minimum Gasteiger partial charge on any atom is -0.394 e. The second-order valence-corrected chi connectivity index (χ2v) is 14.1. The highest BCUT2D eigenvalue weighted by Gasteiger charge is 2.77. The van der Waals surface area contributed by atoms with E-state index >= 15 is 0 Å². The van der Waals surface area contributed by atoms with Crippen molar-refractivity contribution < 1.29 is 24.2 Å². The first-order valence-corrected chi connectivity index (χ1v) is 16.7. The molecule has 5 rings (SSSR count). The van der Waals surface area contributed by atoms with Crippen molar-refractivity contribution in [2.45, 2.75) is 93.6 Å². The van der Waals surface area contributed by atoms with Crippen molar-refractivity contribution in [1.29, 1.82) is 0 Å². The summed E-state index contributed by atoms with van der Waals surface area (Å²) in [6, 6.07) is 8.30. The summed E-state index contributed by atoms with van der Waals surface area (Å²) in [6.45, 7) is 12.5. The lowest BCUT2D eigenvalue weighted by molar-refractivity contribution is -0.154. The summed E-state index contributed by atoms with van der Waals surface area (Å²) >= 11 is 3.80. The van der Waals surface area contributed by atoms with Crippen molar-refractivity contribution in [3.63, 3.8) is 0 Å². The van der Waals surface area contributed by atoms with E-state index in [4.69, 9.17) is 4.74 Å². The zero-order valence-electron chi connectivity index (χ0n) is 25.4. The third kappa shape index (κ3) is 5.61. The van der Waals surface area contributed by atoms with Gasteiger partial charge in [0.1, 0.15) is 11.6 Å². The molecule has 9 heteroatoms. The lowest BCUT2D eigenvalue weighted by atomic mass is 9.70. The Labute approximate surface area is 264 Å². The maximum absolute atomic E-state index is 14.8. The van der Waals surface area contributed by atoms with Gasteiger partial charge in [0.15, 0.2) is 0 Å². The van der Waals surface area contributed by atoms with Crippen LogP contribution in [0.3, 0.4) is 0 Å². The van der Waals surface area contributed by atoms with Crippen LogP contribution in [-0.4, -0.2) is 91.9 Å². The smallest absolute Gasteiger partial charge is 0.248 e. The highest BCUT2D eigenvalue weighted by molar-refractivity contribution is 9.09. The first-order chi connectivity index (χ1) is 20.7. The van der Waals surface area contributed by atoms with Crippen LogP contribution in [0.5, 0.6) is 0 Å². The van der Waals surface area contributed by atoms with Crippen molar-refractivity contribution in [3.05, 3.63) is 61.2 Å². The van der Waals surface area contributed by atoms with Crippen LogP contribution in [0.15, 0.2) is 55.6 Å². The molecule has 0 aromatic heterocycles. The minimum absolute atomic E-state index is 0.0584. The Hall–Kier alpha value is -2.49. The molecule has 3 heterocycles. The second-order valence-electron chi connectivity index (χ2n) is 13.0. The number of carbonyl (C=O) groups is 3. The maximum atomic E-state index is 14.8. The van der Waals surface area contributed by atoms with E-state index in [1.807, 2.05) is 49.1 Å². The van der Waals surface area contributed by atoms with Crippen LogP contribution >= 0.6 is 15.9 Å². The number of carbonyl (C=O) groups excluding carboxylic acids is 3. The molecule has 1 aromatic carbocycles. The van der Waals surface area contributed by atoms with Crippen LogP contribution in [0.2, 0.25) is 0 Å². The molecule has 2 bridgehead atoms. The zero-order valence-corrected chi connectivity index (χ0v) is 27.0. The number of aliphatic hydroxyl groups is 1. The topological polar surface area (TPSA) is 90.4 Å². The molecule has 8 nitrogen and oxygen atoms in total. The lowest BCUT2D eigenvalue weighted by Gasteiger charge is -2.43. The molecule has 3 amide bonds. The molecule has 7 atom stereocenters. The van der Waals surface area contributed by atoms with Gasteiger partial charge in [0.05, 0.1) is 30.6 Å². The van der Waals surface area contributed by atoms with Gasteiger partial charge in [0, 0.05) is 30.5 Å². The maximum Gasteiger partial charge on any atom is 0.248 e. The fraction of sp³-hybridized carbons (Fsp3) is 0.618. The number of halogens is 1. The highest BCUT2D eigenvalue weighted by atomic mass is 79.9. The van der Waals surface area contributed by atoms with E-state index in [-0.39, 0.29) is 41.1 Å². The first-order valence-electron chi connectivity index (χ1n) is 15.8. The minimum atomic E-state index is -1.17. The summed E-state index contributed by atoms with van der Waals surface area (Å²) in [4.78, 5) is 48.9. The number of aliphatic hydroxyl groups excluding tert-OH is 1. The molecule has 4 aliphatic rings. The van der Waals surface area contributed by atoms with Gasteiger partial charge in [-0.25, -0.2) is 0 Å². The van der Waals surface area contributed by atoms with Gasteiger partial charge in [-0.3, -0.25) is 14.4 Å². The number of hydrogen-bond acceptors (Lipinski definition) is 5. The van der Waals surface area contributed by atoms with Gasteiger partial charge in [-0.2, -0.15) is 0 Å². The summed E-state index contributed by atoms with van der Waals surface area (Å²) in [6.07, 6.45) is 8.41. The highest BCUT2D eigenvalue weighted by Crippen LogP contribution is 2.61. The summed E-state index contributed by atoms with van der Waals surface area (Å²) in [5.41, 5.74) is -0.192. The van der Waals surface area contributed by atoms with Crippen LogP contribution in [0.1, 0.15) is 57.9 Å². The fourth-order valence-electron chi connectivity index (χ4n) is 8.12. The number of nitrogens with zero attached hydrogens (tertiary/aromatic N) is 3. The molecule has 1 spiro atoms. The van der Waals surface area contributed by atoms with E-state index in [2.05, 4.69) is 29.1 Å². The molecule has 1 aliphatic carbocycles. The van der Waals surface area contributed by atoms with Crippen LogP contribution in [0.25, 0.3) is 0 Å². The average molecular weight is 657 g/mol. The molecule has 234 valence electrons. The number of amides is 3. The van der Waals surface area contributed by atoms with E-state index in [0.29, 0.717) is 26.1 Å². The molecule has 1 N–H and O–H groups in total. The van der Waals surface area contributed by atoms with Crippen molar-refractivity contribution in [3.8, 4) is 0 Å². The largest absolute Gasteiger partial charge is 0.394 e. The Morgan fingerprint density at radius 3 is 2.40 bits per heavy atom. The fourth-order valence-corrected chi connectivity index (χ4v) is 9.06. The number of fused-ring (bicyclic) bond motifs is 1. The molecule has 1 aromatic rings. The Balaban J connectivity index is 1.57. The van der Waals surface area contributed by atoms with Crippen LogP contribution < -0.4 is 0 Å². The SMILES string of the molecule is C=CCN(Cc1ccccc1)C(=O)[C@H]1[C@@H]2OC3(CC2Br)C(C(=O)N(CC=C)C2CCCCC2)N([C@@H](CO)C(C)C)C(=O)[C@H]13. The predicted molar refractivity (Wildman–Crippen MR) is 169 cm³/mol. The van der Waals surface area contributed by atoms with Crippen LogP contribution in [-0.2, 0) is 25.7 Å². The van der Waals surface area contributed by atoms with Crippen molar-refractivity contribution in [2.75, 3.05) is 19.7 Å². The first kappa shape index (κ1) is 31.9. The summed E-state index contributed by atoms with van der Waals surface area (Å²) in [5, 5.41) is 10.6. The second kappa shape index (κ2) is 13.2. The standard InChI is InChI=1S/C34H46BrN3O5/c1-5-17-36(20-23-13-9-7-10-14-23)31(40)27-28-32(41)38(26(21-39)22(3)4)30(34(28)19-25(35)29(27)43-34)33(42)37(18-6-2)24-15-11-8-12-16-24/h5-7,9-10,13-14,22,24-30,39H,1-2,8,11-12,15-21H2,3-4H3/t25?,26-,27+,28-,29+,30?,34?/m0/s1. The number of rotatable bonds is 12. The van der Waals surface area contributed by atoms with Crippen LogP contribution in [0.4, 0.5) is 0 Å². The van der Waals surface area contributed by atoms with Gasteiger partial charge in [-0.05, 0) is 30.7 Å². The molecule has 43 heavy (non-hydrogen) atoms. The third-order valence-electron chi connectivity index (χ3n) is 10.1. The van der Waals surface area contributed by atoms with Crippen molar-refractivity contribution >= 4 is 33.7 Å². The van der Waals surface area contributed by atoms with Gasteiger partial charge in [-0.15, -0.1) is 13.2 Å². The average Bonchev–Trinajstić information content (AvgIpc) is 3.59. The lowest BCUT2D eigenvalue weighted by Crippen LogP contribution is -2.61. The zero-order chi connectivity index (χ0) is 30.9. The molecule has 0 radical (unpaired) electrons. The number of hydrogen-bond donors (Lipinski definition) is 1. The predicted octanol–water partition coefficient (Wildman–Crippen LogP) is 4.31. The van der Waals surface area contributed by atoms with E-state index in [1.54, 1.807) is 22.0 Å². The Bertz CT molecular complexity index is 1200. The number of likely N-dealkylation sites (tertiary alicyclic amines) is 1. The molecular weight excluding hydrogens is 610 g/mol. The monoisotopic (exact) mass is 655 g/mol. The van der Waals surface area contributed by atoms with E-state index in [1.165, 1.54) is 0 Å². The third-order valence-corrected chi connectivity index (χ3v) is 10.9. The normalized spacial score (nSPS) is 30.8. The molecule has 3 aliphatic heterocycles. The van der Waals surface area contributed by atoms with Gasteiger partial charge in [-0.1, -0.05) is 91.5 Å².